The fourth-order valence-corrected chi connectivity index (χ4v) is 2.85. The van der Waals surface area contributed by atoms with Gasteiger partial charge >= 0.3 is 0 Å². The minimum absolute atomic E-state index is 0.109. The molecule has 2 rings (SSSR count). The van der Waals surface area contributed by atoms with E-state index in [0.29, 0.717) is 10.9 Å². The standard InChI is InChI=1S/C10H16BrNO/c1-10(6-8(10)11)9(13)12-7-4-2-3-5-7/h7-8H,2-6H2,1H3,(H,12,13). The van der Waals surface area contributed by atoms with Crippen molar-refractivity contribution >= 4 is 21.8 Å². The van der Waals surface area contributed by atoms with Crippen LogP contribution in [0.25, 0.3) is 0 Å². The monoisotopic (exact) mass is 245 g/mol. The third kappa shape index (κ3) is 1.76. The Balaban J connectivity index is 1.85. The summed E-state index contributed by atoms with van der Waals surface area (Å²) in [6, 6.07) is 0.463. The van der Waals surface area contributed by atoms with Gasteiger partial charge in [0.2, 0.25) is 5.91 Å². The third-order valence-electron chi connectivity index (χ3n) is 3.34. The second-order valence-electron chi connectivity index (χ2n) is 4.54. The van der Waals surface area contributed by atoms with E-state index in [1.54, 1.807) is 0 Å². The van der Waals surface area contributed by atoms with Crippen LogP contribution in [0.1, 0.15) is 39.0 Å². The molecule has 0 heterocycles. The lowest BCUT2D eigenvalue weighted by molar-refractivity contribution is -0.126. The lowest BCUT2D eigenvalue weighted by atomic mass is 10.1. The van der Waals surface area contributed by atoms with Gasteiger partial charge in [-0.1, -0.05) is 28.8 Å². The molecule has 3 heteroatoms. The lowest BCUT2D eigenvalue weighted by Gasteiger charge is -2.15. The molecule has 74 valence electrons. The highest BCUT2D eigenvalue weighted by Gasteiger charge is 2.54. The Hall–Kier alpha value is -0.0500. The number of nitrogens with one attached hydrogen (secondary N) is 1. The predicted octanol–water partition coefficient (Wildman–Crippen LogP) is 2.22. The Morgan fingerprint density at radius 1 is 1.46 bits per heavy atom. The van der Waals surface area contributed by atoms with Crippen molar-refractivity contribution in [2.75, 3.05) is 0 Å². The predicted molar refractivity (Wildman–Crippen MR) is 55.8 cm³/mol. The van der Waals surface area contributed by atoms with Crippen molar-refractivity contribution in [2.45, 2.75) is 49.9 Å². The summed E-state index contributed by atoms with van der Waals surface area (Å²) in [6.45, 7) is 2.04. The number of alkyl halides is 1. The highest BCUT2D eigenvalue weighted by Crippen LogP contribution is 2.51. The van der Waals surface area contributed by atoms with E-state index in [4.69, 9.17) is 0 Å². The minimum atomic E-state index is -0.109. The molecule has 13 heavy (non-hydrogen) atoms. The van der Waals surface area contributed by atoms with E-state index in [1.807, 2.05) is 6.92 Å². The van der Waals surface area contributed by atoms with Crippen LogP contribution >= 0.6 is 15.9 Å². The van der Waals surface area contributed by atoms with Crippen molar-refractivity contribution < 1.29 is 4.79 Å². The van der Waals surface area contributed by atoms with Crippen LogP contribution in [0.3, 0.4) is 0 Å². The maximum absolute atomic E-state index is 11.8. The maximum atomic E-state index is 11.8. The number of carbonyl (C=O) groups is 1. The van der Waals surface area contributed by atoms with Gasteiger partial charge in [-0.15, -0.1) is 0 Å². The SMILES string of the molecule is CC1(C(=O)NC2CCCC2)CC1Br. The van der Waals surface area contributed by atoms with Crippen LogP contribution in [0.4, 0.5) is 0 Å². The summed E-state index contributed by atoms with van der Waals surface area (Å²) in [5.74, 6) is 0.251. The Morgan fingerprint density at radius 2 is 2.00 bits per heavy atom. The zero-order chi connectivity index (χ0) is 9.47. The van der Waals surface area contributed by atoms with Crippen LogP contribution in [0, 0.1) is 5.41 Å². The second kappa shape index (κ2) is 3.26. The summed E-state index contributed by atoms with van der Waals surface area (Å²) < 4.78 is 0. The molecule has 2 fully saturated rings. The van der Waals surface area contributed by atoms with E-state index < -0.39 is 0 Å². The minimum Gasteiger partial charge on any atom is -0.353 e. The van der Waals surface area contributed by atoms with Crippen LogP contribution in [0.15, 0.2) is 0 Å². The molecule has 2 unspecified atom stereocenters. The number of hydrogen-bond donors (Lipinski definition) is 1. The van der Waals surface area contributed by atoms with E-state index in [-0.39, 0.29) is 11.3 Å². The average Bonchev–Trinajstić information content (AvgIpc) is 2.53. The van der Waals surface area contributed by atoms with Crippen LogP contribution in [-0.2, 0) is 4.79 Å². The van der Waals surface area contributed by atoms with Gasteiger partial charge in [0.15, 0.2) is 0 Å². The van der Waals surface area contributed by atoms with Gasteiger partial charge in [-0.25, -0.2) is 0 Å². The van der Waals surface area contributed by atoms with Gasteiger partial charge in [0.1, 0.15) is 0 Å². The average molecular weight is 246 g/mol. The zero-order valence-electron chi connectivity index (χ0n) is 7.98. The third-order valence-corrected chi connectivity index (χ3v) is 4.68. The smallest absolute Gasteiger partial charge is 0.227 e. The van der Waals surface area contributed by atoms with Crippen LogP contribution in [-0.4, -0.2) is 16.8 Å². The highest BCUT2D eigenvalue weighted by molar-refractivity contribution is 9.09. The number of halogens is 1. The largest absolute Gasteiger partial charge is 0.353 e. The first kappa shape index (κ1) is 9.50. The van der Waals surface area contributed by atoms with Crippen LogP contribution in [0.2, 0.25) is 0 Å². The Morgan fingerprint density at radius 3 is 2.46 bits per heavy atom. The molecule has 2 saturated carbocycles. The molecule has 2 nitrogen and oxygen atoms in total. The van der Waals surface area contributed by atoms with Crippen molar-refractivity contribution in [2.24, 2.45) is 5.41 Å². The normalized spacial score (nSPS) is 39.1. The quantitative estimate of drug-likeness (QED) is 0.743. The maximum Gasteiger partial charge on any atom is 0.227 e. The molecule has 0 aliphatic heterocycles. The summed E-state index contributed by atoms with van der Waals surface area (Å²) >= 11 is 3.49. The van der Waals surface area contributed by atoms with Crippen molar-refractivity contribution in [1.82, 2.24) is 5.32 Å². The van der Waals surface area contributed by atoms with Gasteiger partial charge in [-0.2, -0.15) is 0 Å². The number of rotatable bonds is 2. The Bertz CT molecular complexity index is 225. The molecule has 0 saturated heterocycles. The second-order valence-corrected chi connectivity index (χ2v) is 5.65. The number of amides is 1. The molecule has 2 atom stereocenters. The van der Waals surface area contributed by atoms with Crippen molar-refractivity contribution in [3.8, 4) is 0 Å². The highest BCUT2D eigenvalue weighted by atomic mass is 79.9. The molecule has 0 spiro atoms. The summed E-state index contributed by atoms with van der Waals surface area (Å²) in [4.78, 5) is 12.2. The van der Waals surface area contributed by atoms with E-state index >= 15 is 0 Å². The molecule has 1 N–H and O–H groups in total. The molecule has 2 aliphatic carbocycles. The molecule has 0 aromatic carbocycles. The van der Waals surface area contributed by atoms with Crippen LogP contribution < -0.4 is 5.32 Å². The van der Waals surface area contributed by atoms with Gasteiger partial charge in [0.05, 0.1) is 5.41 Å². The first-order valence-electron chi connectivity index (χ1n) is 5.08. The summed E-state index contributed by atoms with van der Waals surface area (Å²) in [6.07, 6.45) is 5.90. The van der Waals surface area contributed by atoms with E-state index in [9.17, 15) is 4.79 Å². The van der Waals surface area contributed by atoms with Crippen molar-refractivity contribution in [1.29, 1.82) is 0 Å². The first-order chi connectivity index (χ1) is 6.13. The Kier molecular flexibility index (Phi) is 2.39. The van der Waals surface area contributed by atoms with Crippen molar-refractivity contribution in [3.05, 3.63) is 0 Å². The topological polar surface area (TPSA) is 29.1 Å². The summed E-state index contributed by atoms with van der Waals surface area (Å²) in [5.41, 5.74) is -0.109. The van der Waals surface area contributed by atoms with Gasteiger partial charge < -0.3 is 5.32 Å². The van der Waals surface area contributed by atoms with Gasteiger partial charge in [0, 0.05) is 10.9 Å². The molecule has 0 radical (unpaired) electrons. The van der Waals surface area contributed by atoms with Gasteiger partial charge in [-0.3, -0.25) is 4.79 Å². The van der Waals surface area contributed by atoms with Gasteiger partial charge in [0.25, 0.3) is 0 Å². The van der Waals surface area contributed by atoms with E-state index in [0.717, 1.165) is 6.42 Å². The fraction of sp³-hybridized carbons (Fsp3) is 0.900. The summed E-state index contributed by atoms with van der Waals surface area (Å²) in [7, 11) is 0. The molecule has 0 aromatic heterocycles. The van der Waals surface area contributed by atoms with Crippen molar-refractivity contribution in [3.63, 3.8) is 0 Å². The molecular weight excluding hydrogens is 230 g/mol. The van der Waals surface area contributed by atoms with E-state index in [2.05, 4.69) is 21.2 Å². The molecule has 0 aromatic rings. The van der Waals surface area contributed by atoms with E-state index in [1.165, 1.54) is 25.7 Å². The first-order valence-corrected chi connectivity index (χ1v) is 5.99. The molecule has 2 aliphatic rings. The zero-order valence-corrected chi connectivity index (χ0v) is 9.56. The number of carbonyl (C=O) groups excluding carboxylic acids is 1. The van der Waals surface area contributed by atoms with Crippen LogP contribution in [0.5, 0.6) is 0 Å². The molecule has 1 amide bonds. The fourth-order valence-electron chi connectivity index (χ4n) is 1.97. The summed E-state index contributed by atoms with van der Waals surface area (Å²) in [5, 5.41) is 3.14. The Labute approximate surface area is 87.6 Å². The number of hydrogen-bond acceptors (Lipinski definition) is 1. The molecular formula is C10H16BrNO. The molecule has 0 bridgehead atoms. The lowest BCUT2D eigenvalue weighted by Crippen LogP contribution is -2.38. The van der Waals surface area contributed by atoms with Gasteiger partial charge in [-0.05, 0) is 26.2 Å².